The Balaban J connectivity index is 1.47. The fourth-order valence-corrected chi connectivity index (χ4v) is 4.45. The van der Waals surface area contributed by atoms with Crippen molar-refractivity contribution >= 4 is 11.8 Å². The highest BCUT2D eigenvalue weighted by molar-refractivity contribution is 5.89. The zero-order valence-electron chi connectivity index (χ0n) is 16.9. The lowest BCUT2D eigenvalue weighted by Gasteiger charge is -2.36. The maximum Gasteiger partial charge on any atom is 0.237 e. The van der Waals surface area contributed by atoms with E-state index in [1.807, 2.05) is 29.2 Å². The molecule has 0 unspecified atom stereocenters. The predicted molar refractivity (Wildman–Crippen MR) is 111 cm³/mol. The number of carbonyl (C=O) groups is 2. The first-order valence-electron chi connectivity index (χ1n) is 10.4. The number of hydrogen-bond donors (Lipinski definition) is 1. The Kier molecular flexibility index (Phi) is 5.90. The van der Waals surface area contributed by atoms with Crippen molar-refractivity contribution < 1.29 is 9.59 Å². The van der Waals surface area contributed by atoms with Crippen molar-refractivity contribution in [3.8, 4) is 0 Å². The summed E-state index contributed by atoms with van der Waals surface area (Å²) in [6.07, 6.45) is 3.87. The first kappa shape index (κ1) is 19.6. The lowest BCUT2D eigenvalue weighted by atomic mass is 10.0. The van der Waals surface area contributed by atoms with Gasteiger partial charge in [0.25, 0.3) is 0 Å². The summed E-state index contributed by atoms with van der Waals surface area (Å²) < 4.78 is 0. The van der Waals surface area contributed by atoms with Gasteiger partial charge in [-0.25, -0.2) is 0 Å². The molecule has 2 aliphatic rings. The standard InChI is InChI=1S/C23H28N4O2/c1-17-6-4-7-18(14-17)16-26-13-11-25-23(29)21(26)15-22(28)27-12-5-9-20(27)19-8-2-3-10-24-19/h2-4,6-8,10,14,20-21H,5,9,11-13,15-16H2,1H3,(H,25,29)/t20-,21+/m0/s1. The molecule has 0 aliphatic carbocycles. The molecule has 0 spiro atoms. The second-order valence-corrected chi connectivity index (χ2v) is 7.97. The SMILES string of the molecule is Cc1cccc(CN2CCNC(=O)[C@H]2CC(=O)N2CCC[C@H]2c2ccccn2)c1. The summed E-state index contributed by atoms with van der Waals surface area (Å²) in [5, 5.41) is 2.93. The summed E-state index contributed by atoms with van der Waals surface area (Å²) in [4.78, 5) is 34.3. The van der Waals surface area contributed by atoms with Gasteiger partial charge in [0.05, 0.1) is 24.2 Å². The van der Waals surface area contributed by atoms with Crippen LogP contribution in [0.15, 0.2) is 48.7 Å². The third kappa shape index (κ3) is 4.48. The number of likely N-dealkylation sites (tertiary alicyclic amines) is 1. The molecule has 2 fully saturated rings. The molecule has 6 heteroatoms. The van der Waals surface area contributed by atoms with E-state index >= 15 is 0 Å². The molecular weight excluding hydrogens is 364 g/mol. The van der Waals surface area contributed by atoms with Gasteiger partial charge >= 0.3 is 0 Å². The first-order valence-corrected chi connectivity index (χ1v) is 10.4. The summed E-state index contributed by atoms with van der Waals surface area (Å²) in [5.41, 5.74) is 3.31. The molecule has 1 aromatic carbocycles. The van der Waals surface area contributed by atoms with E-state index in [1.165, 1.54) is 11.1 Å². The molecule has 2 atom stereocenters. The van der Waals surface area contributed by atoms with Crippen LogP contribution in [0.2, 0.25) is 0 Å². The van der Waals surface area contributed by atoms with Crippen molar-refractivity contribution in [1.82, 2.24) is 20.1 Å². The topological polar surface area (TPSA) is 65.5 Å². The Bertz CT molecular complexity index is 870. The molecule has 0 radical (unpaired) electrons. The molecule has 1 aromatic heterocycles. The van der Waals surface area contributed by atoms with E-state index in [9.17, 15) is 9.59 Å². The zero-order chi connectivity index (χ0) is 20.2. The van der Waals surface area contributed by atoms with Gasteiger partial charge in [0.15, 0.2) is 0 Å². The molecule has 6 nitrogen and oxygen atoms in total. The van der Waals surface area contributed by atoms with Crippen LogP contribution in [0.25, 0.3) is 0 Å². The van der Waals surface area contributed by atoms with E-state index in [0.29, 0.717) is 13.1 Å². The number of carbonyl (C=O) groups excluding carboxylic acids is 2. The summed E-state index contributed by atoms with van der Waals surface area (Å²) in [6.45, 7) is 4.85. The van der Waals surface area contributed by atoms with Gasteiger partial charge in [0.2, 0.25) is 11.8 Å². The minimum absolute atomic E-state index is 0.0144. The quantitative estimate of drug-likeness (QED) is 0.849. The van der Waals surface area contributed by atoms with Gasteiger partial charge in [-0.2, -0.15) is 0 Å². The second-order valence-electron chi connectivity index (χ2n) is 7.97. The smallest absolute Gasteiger partial charge is 0.237 e. The van der Waals surface area contributed by atoms with Crippen molar-refractivity contribution in [2.75, 3.05) is 19.6 Å². The van der Waals surface area contributed by atoms with Crippen molar-refractivity contribution in [2.24, 2.45) is 0 Å². The lowest BCUT2D eigenvalue weighted by molar-refractivity contribution is -0.139. The molecule has 2 saturated heterocycles. The largest absolute Gasteiger partial charge is 0.353 e. The van der Waals surface area contributed by atoms with Crippen LogP contribution < -0.4 is 5.32 Å². The molecule has 152 valence electrons. The normalized spacial score (nSPS) is 22.5. The van der Waals surface area contributed by atoms with Crippen LogP contribution in [-0.2, 0) is 16.1 Å². The monoisotopic (exact) mass is 392 g/mol. The van der Waals surface area contributed by atoms with Crippen LogP contribution in [-0.4, -0.2) is 52.3 Å². The highest BCUT2D eigenvalue weighted by Gasteiger charge is 2.36. The number of hydrogen-bond acceptors (Lipinski definition) is 4. The van der Waals surface area contributed by atoms with Gasteiger partial charge in [-0.15, -0.1) is 0 Å². The van der Waals surface area contributed by atoms with Crippen LogP contribution in [0.1, 0.15) is 42.1 Å². The number of amides is 2. The van der Waals surface area contributed by atoms with Gasteiger partial charge in [-0.05, 0) is 37.5 Å². The van der Waals surface area contributed by atoms with E-state index in [4.69, 9.17) is 0 Å². The lowest BCUT2D eigenvalue weighted by Crippen LogP contribution is -2.56. The fourth-order valence-electron chi connectivity index (χ4n) is 4.45. The highest BCUT2D eigenvalue weighted by Crippen LogP contribution is 2.31. The number of rotatable bonds is 5. The molecular formula is C23H28N4O2. The molecule has 2 amide bonds. The number of nitrogens with one attached hydrogen (secondary N) is 1. The number of benzene rings is 1. The number of aromatic nitrogens is 1. The molecule has 29 heavy (non-hydrogen) atoms. The molecule has 3 heterocycles. The van der Waals surface area contributed by atoms with Crippen LogP contribution in [0.4, 0.5) is 0 Å². The Morgan fingerprint density at radius 1 is 1.21 bits per heavy atom. The Hall–Kier alpha value is -2.73. The molecule has 2 aromatic rings. The van der Waals surface area contributed by atoms with Gasteiger partial charge in [0.1, 0.15) is 0 Å². The maximum absolute atomic E-state index is 13.2. The molecule has 1 N–H and O–H groups in total. The van der Waals surface area contributed by atoms with Gasteiger partial charge < -0.3 is 10.2 Å². The average molecular weight is 393 g/mol. The van der Waals surface area contributed by atoms with E-state index < -0.39 is 6.04 Å². The Morgan fingerprint density at radius 3 is 2.90 bits per heavy atom. The van der Waals surface area contributed by atoms with Crippen molar-refractivity contribution in [3.63, 3.8) is 0 Å². The number of nitrogens with zero attached hydrogens (tertiary/aromatic N) is 3. The van der Waals surface area contributed by atoms with Gasteiger partial charge in [-0.1, -0.05) is 35.9 Å². The molecule has 0 saturated carbocycles. The third-order valence-electron chi connectivity index (χ3n) is 5.88. The van der Waals surface area contributed by atoms with E-state index in [-0.39, 0.29) is 24.3 Å². The Morgan fingerprint density at radius 2 is 2.10 bits per heavy atom. The Labute approximate surface area is 171 Å². The van der Waals surface area contributed by atoms with Crippen molar-refractivity contribution in [2.45, 2.75) is 44.8 Å². The minimum atomic E-state index is -0.429. The average Bonchev–Trinajstić information content (AvgIpc) is 3.21. The highest BCUT2D eigenvalue weighted by atomic mass is 16.2. The summed E-state index contributed by atoms with van der Waals surface area (Å²) in [6, 6.07) is 13.7. The van der Waals surface area contributed by atoms with Gasteiger partial charge in [-0.3, -0.25) is 19.5 Å². The predicted octanol–water partition coefficient (Wildman–Crippen LogP) is 2.44. The van der Waals surface area contributed by atoms with E-state index in [1.54, 1.807) is 6.20 Å². The van der Waals surface area contributed by atoms with Crippen LogP contribution >= 0.6 is 0 Å². The second kappa shape index (κ2) is 8.74. The van der Waals surface area contributed by atoms with Gasteiger partial charge in [0, 0.05) is 32.4 Å². The van der Waals surface area contributed by atoms with E-state index in [2.05, 4.69) is 40.3 Å². The van der Waals surface area contributed by atoms with Crippen LogP contribution in [0.5, 0.6) is 0 Å². The third-order valence-corrected chi connectivity index (χ3v) is 5.88. The van der Waals surface area contributed by atoms with Crippen molar-refractivity contribution in [1.29, 1.82) is 0 Å². The fraction of sp³-hybridized carbons (Fsp3) is 0.435. The summed E-state index contributed by atoms with van der Waals surface area (Å²) in [7, 11) is 0. The molecule has 4 rings (SSSR count). The van der Waals surface area contributed by atoms with Crippen LogP contribution in [0.3, 0.4) is 0 Å². The molecule has 0 bridgehead atoms. The van der Waals surface area contributed by atoms with E-state index in [0.717, 1.165) is 31.6 Å². The first-order chi connectivity index (χ1) is 14.1. The minimum Gasteiger partial charge on any atom is -0.353 e. The summed E-state index contributed by atoms with van der Waals surface area (Å²) in [5.74, 6) is -0.0136. The number of aryl methyl sites for hydroxylation is 1. The van der Waals surface area contributed by atoms with Crippen LogP contribution in [0, 0.1) is 6.92 Å². The maximum atomic E-state index is 13.2. The van der Waals surface area contributed by atoms with Crippen molar-refractivity contribution in [3.05, 3.63) is 65.5 Å². The molecule has 2 aliphatic heterocycles. The summed E-state index contributed by atoms with van der Waals surface area (Å²) >= 11 is 0. The number of piperazine rings is 1. The zero-order valence-corrected chi connectivity index (χ0v) is 16.9. The number of pyridine rings is 1.